The molecule has 0 saturated carbocycles. The minimum Gasteiger partial charge on any atom is -0.0760 e. The van der Waals surface area contributed by atoms with E-state index < -0.39 is 8.07 Å². The van der Waals surface area contributed by atoms with Crippen LogP contribution in [0, 0.1) is 0 Å². The van der Waals surface area contributed by atoms with Crippen molar-refractivity contribution in [2.24, 2.45) is 0 Å². The van der Waals surface area contributed by atoms with Gasteiger partial charge in [0.25, 0.3) is 0 Å². The van der Waals surface area contributed by atoms with E-state index in [-0.39, 0.29) is 2.86 Å². The van der Waals surface area contributed by atoms with Gasteiger partial charge in [-0.15, -0.1) is 0 Å². The Morgan fingerprint density at radius 2 is 1.11 bits per heavy atom. The molecule has 0 saturated heterocycles. The zero-order valence-corrected chi connectivity index (χ0v) is 14.7. The van der Waals surface area contributed by atoms with Gasteiger partial charge in [0.15, 0.2) is 0 Å². The average molecular weight is 384 g/mol. The lowest BCUT2D eigenvalue weighted by Gasteiger charge is -2.37. The van der Waals surface area contributed by atoms with Gasteiger partial charge in [-0.05, 0) is 6.92 Å². The van der Waals surface area contributed by atoms with E-state index in [0.717, 1.165) is 0 Å². The van der Waals surface area contributed by atoms with Crippen molar-refractivity contribution in [2.75, 3.05) is 0 Å². The lowest BCUT2D eigenvalue weighted by Crippen LogP contribution is -2.65. The second-order valence-electron chi connectivity index (χ2n) is 4.75. The van der Waals surface area contributed by atoms with Crippen molar-refractivity contribution in [3.63, 3.8) is 0 Å². The van der Waals surface area contributed by atoms with Gasteiger partial charge in [0, 0.05) is 0 Å². The molecule has 0 nitrogen and oxygen atoms in total. The Bertz CT molecular complexity index is 464. The molecule has 0 N–H and O–H groups in total. The molecule has 0 heterocycles. The van der Waals surface area contributed by atoms with Gasteiger partial charge in [0.2, 0.25) is 0 Å². The molecule has 2 aromatic carbocycles. The van der Waals surface area contributed by atoms with Crippen LogP contribution >= 0.6 is 31.9 Å². The molecule has 18 heavy (non-hydrogen) atoms. The Hall–Kier alpha value is -0.383. The molecule has 0 amide bonds. The first kappa shape index (κ1) is 14.0. The summed E-state index contributed by atoms with van der Waals surface area (Å²) in [7, 11) is -1.87. The maximum atomic E-state index is 3.85. The van der Waals surface area contributed by atoms with Crippen LogP contribution in [0.15, 0.2) is 60.7 Å². The molecule has 0 aliphatic heterocycles. The van der Waals surface area contributed by atoms with E-state index in [1.807, 2.05) is 0 Å². The summed E-state index contributed by atoms with van der Waals surface area (Å²) < 4.78 is -0.0737. The fourth-order valence-electron chi connectivity index (χ4n) is 2.22. The largest absolute Gasteiger partial charge is 0.144 e. The normalized spacial score (nSPS) is 12.4. The summed E-state index contributed by atoms with van der Waals surface area (Å²) in [4.78, 5) is 0. The van der Waals surface area contributed by atoms with Crippen molar-refractivity contribution >= 4 is 50.3 Å². The lowest BCUT2D eigenvalue weighted by molar-refractivity contribution is 1.28. The molecular formula is C15H16Br2Si. The fraction of sp³-hybridized carbons (Fsp3) is 0.200. The molecule has 3 heteroatoms. The van der Waals surface area contributed by atoms with E-state index in [9.17, 15) is 0 Å². The minimum absolute atomic E-state index is 0.0737. The summed E-state index contributed by atoms with van der Waals surface area (Å²) in [6, 6.07) is 21.6. The Balaban J connectivity index is 2.63. The van der Waals surface area contributed by atoms with Crippen molar-refractivity contribution in [1.82, 2.24) is 0 Å². The second kappa shape index (κ2) is 5.31. The Morgan fingerprint density at radius 3 is 1.39 bits per heavy atom. The van der Waals surface area contributed by atoms with Gasteiger partial charge in [-0.3, -0.25) is 0 Å². The van der Waals surface area contributed by atoms with Crippen molar-refractivity contribution in [2.45, 2.75) is 16.3 Å². The monoisotopic (exact) mass is 382 g/mol. The molecule has 0 atom stereocenters. The molecule has 2 rings (SSSR count). The Labute approximate surface area is 127 Å². The highest BCUT2D eigenvalue weighted by Crippen LogP contribution is 2.35. The third-order valence-corrected chi connectivity index (χ3v) is 13.1. The maximum Gasteiger partial charge on any atom is 0.144 e. The van der Waals surface area contributed by atoms with E-state index in [1.165, 1.54) is 10.4 Å². The quantitative estimate of drug-likeness (QED) is 0.556. The predicted molar refractivity (Wildman–Crippen MR) is 90.0 cm³/mol. The van der Waals surface area contributed by atoms with E-state index in [0.29, 0.717) is 0 Å². The number of alkyl halides is 2. The highest BCUT2D eigenvalue weighted by Gasteiger charge is 2.46. The van der Waals surface area contributed by atoms with Gasteiger partial charge >= 0.3 is 0 Å². The van der Waals surface area contributed by atoms with Crippen molar-refractivity contribution in [3.8, 4) is 0 Å². The number of rotatable bonds is 3. The molecule has 0 spiro atoms. The first-order valence-corrected chi connectivity index (χ1v) is 10.0. The fourth-order valence-corrected chi connectivity index (χ4v) is 8.03. The minimum atomic E-state index is -1.87. The summed E-state index contributed by atoms with van der Waals surface area (Å²) in [5.41, 5.74) is 0. The highest BCUT2D eigenvalue weighted by atomic mass is 79.9. The summed E-state index contributed by atoms with van der Waals surface area (Å²) in [5, 5.41) is 2.85. The molecule has 0 unspecified atom stereocenters. The van der Waals surface area contributed by atoms with Crippen molar-refractivity contribution in [3.05, 3.63) is 60.7 Å². The Morgan fingerprint density at radius 1 is 0.778 bits per heavy atom. The summed E-state index contributed by atoms with van der Waals surface area (Å²) in [5.74, 6) is 0. The van der Waals surface area contributed by atoms with Gasteiger partial charge in [0.1, 0.15) is 8.07 Å². The van der Waals surface area contributed by atoms with Crippen LogP contribution in [-0.2, 0) is 0 Å². The molecule has 94 valence electrons. The van der Waals surface area contributed by atoms with Gasteiger partial charge < -0.3 is 0 Å². The van der Waals surface area contributed by atoms with Crippen molar-refractivity contribution in [1.29, 1.82) is 0 Å². The molecule has 0 aliphatic rings. The highest BCUT2D eigenvalue weighted by molar-refractivity contribution is 9.26. The van der Waals surface area contributed by atoms with E-state index in [2.05, 4.69) is 106 Å². The summed E-state index contributed by atoms with van der Waals surface area (Å²) in [6.07, 6.45) is 0. The first-order valence-electron chi connectivity index (χ1n) is 5.95. The zero-order chi connectivity index (χ0) is 13.2. The molecule has 0 radical (unpaired) electrons. The van der Waals surface area contributed by atoms with Gasteiger partial charge in [-0.2, -0.15) is 0 Å². The van der Waals surface area contributed by atoms with Crippen LogP contribution in [-0.4, -0.2) is 10.9 Å². The summed E-state index contributed by atoms with van der Waals surface area (Å²) in [6.45, 7) is 4.60. The van der Waals surface area contributed by atoms with Crippen LogP contribution in [0.2, 0.25) is 6.55 Å². The number of hydrogen-bond donors (Lipinski definition) is 0. The van der Waals surface area contributed by atoms with Gasteiger partial charge in [-0.1, -0.05) is 109 Å². The van der Waals surface area contributed by atoms with Crippen LogP contribution in [0.5, 0.6) is 0 Å². The smallest absolute Gasteiger partial charge is 0.0760 e. The maximum absolute atomic E-state index is 3.85. The lowest BCUT2D eigenvalue weighted by atomic mass is 10.4. The third-order valence-electron chi connectivity index (χ3n) is 3.58. The Kier molecular flexibility index (Phi) is 4.14. The molecule has 2 aromatic rings. The molecule has 0 fully saturated rings. The molecular weight excluding hydrogens is 368 g/mol. The SMILES string of the molecule is CC(Br)(Br)[Si](C)(c1ccccc1)c1ccccc1. The number of halogens is 2. The summed E-state index contributed by atoms with van der Waals surface area (Å²) >= 11 is 7.71. The molecule has 0 aromatic heterocycles. The predicted octanol–water partition coefficient (Wildman–Crippen LogP) is 3.92. The van der Waals surface area contributed by atoms with E-state index in [4.69, 9.17) is 0 Å². The van der Waals surface area contributed by atoms with E-state index >= 15 is 0 Å². The van der Waals surface area contributed by atoms with E-state index in [1.54, 1.807) is 0 Å². The van der Waals surface area contributed by atoms with Crippen molar-refractivity contribution < 1.29 is 0 Å². The number of hydrogen-bond acceptors (Lipinski definition) is 0. The second-order valence-corrected chi connectivity index (χ2v) is 14.9. The average Bonchev–Trinajstić information content (AvgIpc) is 2.38. The topological polar surface area (TPSA) is 0 Å². The number of benzene rings is 2. The van der Waals surface area contributed by atoms with Crippen LogP contribution < -0.4 is 10.4 Å². The first-order chi connectivity index (χ1) is 8.46. The van der Waals surface area contributed by atoms with Crippen LogP contribution in [0.3, 0.4) is 0 Å². The molecule has 0 aliphatic carbocycles. The van der Waals surface area contributed by atoms with Gasteiger partial charge in [0.05, 0.1) is 2.86 Å². The van der Waals surface area contributed by atoms with Crippen LogP contribution in [0.1, 0.15) is 6.92 Å². The van der Waals surface area contributed by atoms with Crippen LogP contribution in [0.25, 0.3) is 0 Å². The zero-order valence-electron chi connectivity index (χ0n) is 10.5. The standard InChI is InChI=1S/C15H16Br2Si/c1-15(16,17)18(2,13-9-5-3-6-10-13)14-11-7-4-8-12-14/h3-12H,1-2H3. The third kappa shape index (κ3) is 2.49. The van der Waals surface area contributed by atoms with Gasteiger partial charge in [-0.25, -0.2) is 0 Å². The molecule has 0 bridgehead atoms. The van der Waals surface area contributed by atoms with Crippen LogP contribution in [0.4, 0.5) is 0 Å².